The normalized spacial score (nSPS) is 27.3. The summed E-state index contributed by atoms with van der Waals surface area (Å²) in [6, 6.07) is 6.43. The summed E-state index contributed by atoms with van der Waals surface area (Å²) in [6.45, 7) is 4.31. The third-order valence-electron chi connectivity index (χ3n) is 4.21. The second kappa shape index (κ2) is 6.62. The Morgan fingerprint density at radius 3 is 2.79 bits per heavy atom. The van der Waals surface area contributed by atoms with Gasteiger partial charge in [0.25, 0.3) is 0 Å². The summed E-state index contributed by atoms with van der Waals surface area (Å²) in [5, 5.41) is 4.10. The molecule has 3 atom stereocenters. The van der Waals surface area contributed by atoms with Crippen molar-refractivity contribution in [2.75, 3.05) is 7.05 Å². The van der Waals surface area contributed by atoms with Crippen molar-refractivity contribution in [3.8, 4) is 5.75 Å². The van der Waals surface area contributed by atoms with Crippen LogP contribution in [0.4, 0.5) is 0 Å². The molecule has 1 aromatic carbocycles. The predicted molar refractivity (Wildman–Crippen MR) is 81.1 cm³/mol. The monoisotopic (exact) mass is 281 g/mol. The molecule has 1 aliphatic carbocycles. The summed E-state index contributed by atoms with van der Waals surface area (Å²) in [6.07, 6.45) is 5.06. The molecule has 1 aromatic rings. The lowest BCUT2D eigenvalue weighted by Crippen LogP contribution is -2.45. The molecule has 3 unspecified atom stereocenters. The molecule has 0 amide bonds. The summed E-state index contributed by atoms with van der Waals surface area (Å²) in [7, 11) is 2.02. The van der Waals surface area contributed by atoms with Gasteiger partial charge in [0.15, 0.2) is 0 Å². The topological polar surface area (TPSA) is 21.3 Å². The number of ether oxygens (including phenoxy) is 1. The number of hydrogen-bond acceptors (Lipinski definition) is 2. The minimum absolute atomic E-state index is 0.226. The van der Waals surface area contributed by atoms with Gasteiger partial charge < -0.3 is 10.1 Å². The Kier molecular flexibility index (Phi) is 5.12. The predicted octanol–water partition coefficient (Wildman–Crippen LogP) is 4.19. The Hall–Kier alpha value is -0.730. The van der Waals surface area contributed by atoms with Crippen molar-refractivity contribution < 1.29 is 4.74 Å². The number of halogens is 1. The smallest absolute Gasteiger partial charge is 0.138 e. The fourth-order valence-electron chi connectivity index (χ4n) is 2.91. The molecule has 19 heavy (non-hydrogen) atoms. The summed E-state index contributed by atoms with van der Waals surface area (Å²) in [5.74, 6) is 1.59. The van der Waals surface area contributed by atoms with Crippen LogP contribution in [0.1, 0.15) is 38.2 Å². The molecule has 0 aliphatic heterocycles. The molecule has 0 saturated heterocycles. The first kappa shape index (κ1) is 14.7. The zero-order chi connectivity index (χ0) is 13.8. The molecule has 3 heteroatoms. The Labute approximate surface area is 121 Å². The van der Waals surface area contributed by atoms with Crippen molar-refractivity contribution in [1.82, 2.24) is 5.32 Å². The summed E-state index contributed by atoms with van der Waals surface area (Å²) < 4.78 is 6.18. The van der Waals surface area contributed by atoms with Gasteiger partial charge in [-0.25, -0.2) is 0 Å². The number of nitrogens with one attached hydrogen (secondary N) is 1. The van der Waals surface area contributed by atoms with E-state index in [-0.39, 0.29) is 6.10 Å². The first-order valence-electron chi connectivity index (χ1n) is 7.24. The highest BCUT2D eigenvalue weighted by Crippen LogP contribution is 2.33. The molecular formula is C16H24ClNO. The lowest BCUT2D eigenvalue weighted by molar-refractivity contribution is 0.0884. The first-order valence-corrected chi connectivity index (χ1v) is 7.62. The van der Waals surface area contributed by atoms with Gasteiger partial charge in [0.1, 0.15) is 11.9 Å². The standard InChI is InChI=1S/C16H24ClNO/c1-4-12-6-7-14(18-3)16(10-12)19-15-8-5-11(2)9-13(15)17/h5,8-9,12,14,16,18H,4,6-7,10H2,1-3H3. The van der Waals surface area contributed by atoms with Crippen LogP contribution >= 0.6 is 11.6 Å². The van der Waals surface area contributed by atoms with E-state index >= 15 is 0 Å². The fourth-order valence-corrected chi connectivity index (χ4v) is 3.19. The molecular weight excluding hydrogens is 258 g/mol. The van der Waals surface area contributed by atoms with E-state index in [0.717, 1.165) is 23.7 Å². The molecule has 1 fully saturated rings. The van der Waals surface area contributed by atoms with E-state index in [1.807, 2.05) is 26.1 Å². The SMILES string of the molecule is CCC1CCC(NC)C(Oc2ccc(C)cc2Cl)C1. The number of hydrogen-bond donors (Lipinski definition) is 1. The third kappa shape index (κ3) is 3.64. The van der Waals surface area contributed by atoms with Crippen molar-refractivity contribution in [1.29, 1.82) is 0 Å². The highest BCUT2D eigenvalue weighted by atomic mass is 35.5. The van der Waals surface area contributed by atoms with Crippen molar-refractivity contribution >= 4 is 11.6 Å². The third-order valence-corrected chi connectivity index (χ3v) is 4.51. The molecule has 0 spiro atoms. The van der Waals surface area contributed by atoms with Crippen LogP contribution < -0.4 is 10.1 Å². The average Bonchev–Trinajstić information content (AvgIpc) is 2.41. The molecule has 1 saturated carbocycles. The molecule has 106 valence electrons. The second-order valence-electron chi connectivity index (χ2n) is 5.57. The van der Waals surface area contributed by atoms with Crippen LogP contribution in [0, 0.1) is 12.8 Å². The van der Waals surface area contributed by atoms with Crippen molar-refractivity contribution in [2.24, 2.45) is 5.92 Å². The van der Waals surface area contributed by atoms with Crippen molar-refractivity contribution in [3.63, 3.8) is 0 Å². The fraction of sp³-hybridized carbons (Fsp3) is 0.625. The lowest BCUT2D eigenvalue weighted by Gasteiger charge is -2.36. The van der Waals surface area contributed by atoms with Gasteiger partial charge in [-0.1, -0.05) is 31.0 Å². The van der Waals surface area contributed by atoms with Crippen molar-refractivity contribution in [2.45, 2.75) is 51.7 Å². The van der Waals surface area contributed by atoms with E-state index in [0.29, 0.717) is 11.1 Å². The van der Waals surface area contributed by atoms with Gasteiger partial charge in [-0.05, 0) is 56.8 Å². The van der Waals surface area contributed by atoms with Crippen LogP contribution in [-0.2, 0) is 0 Å². The zero-order valence-electron chi connectivity index (χ0n) is 12.1. The summed E-state index contributed by atoms with van der Waals surface area (Å²) in [4.78, 5) is 0. The van der Waals surface area contributed by atoms with Gasteiger partial charge >= 0.3 is 0 Å². The molecule has 0 heterocycles. The number of likely N-dealkylation sites (N-methyl/N-ethyl adjacent to an activating group) is 1. The second-order valence-corrected chi connectivity index (χ2v) is 5.98. The number of aryl methyl sites for hydroxylation is 1. The Bertz CT molecular complexity index is 421. The highest BCUT2D eigenvalue weighted by Gasteiger charge is 2.30. The molecule has 0 radical (unpaired) electrons. The van der Waals surface area contributed by atoms with Crippen LogP contribution in [0.2, 0.25) is 5.02 Å². The van der Waals surface area contributed by atoms with E-state index in [1.54, 1.807) is 0 Å². The van der Waals surface area contributed by atoms with Crippen LogP contribution in [0.3, 0.4) is 0 Å². The maximum atomic E-state index is 6.26. The van der Waals surface area contributed by atoms with E-state index in [9.17, 15) is 0 Å². The van der Waals surface area contributed by atoms with Crippen LogP contribution in [0.25, 0.3) is 0 Å². The Balaban J connectivity index is 2.09. The minimum Gasteiger partial charge on any atom is -0.487 e. The maximum absolute atomic E-state index is 6.26. The zero-order valence-corrected chi connectivity index (χ0v) is 12.8. The van der Waals surface area contributed by atoms with Gasteiger partial charge in [-0.2, -0.15) is 0 Å². The van der Waals surface area contributed by atoms with Gasteiger partial charge in [0.2, 0.25) is 0 Å². The molecule has 1 N–H and O–H groups in total. The molecule has 0 aromatic heterocycles. The largest absolute Gasteiger partial charge is 0.487 e. The van der Waals surface area contributed by atoms with Gasteiger partial charge in [-0.3, -0.25) is 0 Å². The summed E-state index contributed by atoms with van der Waals surface area (Å²) in [5.41, 5.74) is 1.16. The molecule has 1 aliphatic rings. The average molecular weight is 282 g/mol. The van der Waals surface area contributed by atoms with E-state index in [1.165, 1.54) is 19.3 Å². The quantitative estimate of drug-likeness (QED) is 0.893. The molecule has 0 bridgehead atoms. The van der Waals surface area contributed by atoms with E-state index in [4.69, 9.17) is 16.3 Å². The Morgan fingerprint density at radius 2 is 2.16 bits per heavy atom. The lowest BCUT2D eigenvalue weighted by atomic mass is 9.82. The van der Waals surface area contributed by atoms with Gasteiger partial charge in [-0.15, -0.1) is 0 Å². The first-order chi connectivity index (χ1) is 9.13. The van der Waals surface area contributed by atoms with Gasteiger partial charge in [0.05, 0.1) is 5.02 Å². The van der Waals surface area contributed by atoms with Crippen molar-refractivity contribution in [3.05, 3.63) is 28.8 Å². The van der Waals surface area contributed by atoms with Crippen LogP contribution in [0.5, 0.6) is 5.75 Å². The summed E-state index contributed by atoms with van der Waals surface area (Å²) >= 11 is 6.26. The van der Waals surface area contributed by atoms with E-state index in [2.05, 4.69) is 18.3 Å². The molecule has 2 rings (SSSR count). The highest BCUT2D eigenvalue weighted by molar-refractivity contribution is 6.32. The molecule has 2 nitrogen and oxygen atoms in total. The van der Waals surface area contributed by atoms with Crippen LogP contribution in [-0.4, -0.2) is 19.2 Å². The Morgan fingerprint density at radius 1 is 1.37 bits per heavy atom. The maximum Gasteiger partial charge on any atom is 0.138 e. The van der Waals surface area contributed by atoms with Crippen LogP contribution in [0.15, 0.2) is 18.2 Å². The van der Waals surface area contributed by atoms with Gasteiger partial charge in [0, 0.05) is 6.04 Å². The van der Waals surface area contributed by atoms with E-state index < -0.39 is 0 Å². The minimum atomic E-state index is 0.226. The number of benzene rings is 1. The number of rotatable bonds is 4.